The molecule has 1 fully saturated rings. The van der Waals surface area contributed by atoms with Crippen LogP contribution in [0.1, 0.15) is 32.7 Å². The fraction of sp³-hybridized carbons (Fsp3) is 0.152. The maximum absolute atomic E-state index is 14.2. The van der Waals surface area contributed by atoms with Gasteiger partial charge in [0.25, 0.3) is 5.91 Å². The van der Waals surface area contributed by atoms with Gasteiger partial charge in [0.2, 0.25) is 0 Å². The van der Waals surface area contributed by atoms with Crippen LogP contribution in [0.4, 0.5) is 5.69 Å². The maximum atomic E-state index is 14.2. The van der Waals surface area contributed by atoms with Crippen LogP contribution < -0.4 is 10.6 Å². The number of carbonyl (C=O) groups is 2. The van der Waals surface area contributed by atoms with E-state index in [-0.39, 0.29) is 16.3 Å². The first-order valence-electron chi connectivity index (χ1n) is 13.2. The molecular weight excluding hydrogens is 486 g/mol. The summed E-state index contributed by atoms with van der Waals surface area (Å²) < 4.78 is 5.86. The number of hydrogen-bond acceptors (Lipinski definition) is 4. The Bertz CT molecular complexity index is 1560. The first-order chi connectivity index (χ1) is 19.1. The van der Waals surface area contributed by atoms with Crippen LogP contribution >= 0.6 is 0 Å². The van der Waals surface area contributed by atoms with Crippen LogP contribution in [0.2, 0.25) is 0 Å². The van der Waals surface area contributed by atoms with Crippen molar-refractivity contribution in [3.05, 3.63) is 137 Å². The van der Waals surface area contributed by atoms with Gasteiger partial charge in [-0.15, -0.1) is 0 Å². The van der Waals surface area contributed by atoms with Gasteiger partial charge in [0.15, 0.2) is 11.4 Å². The van der Waals surface area contributed by atoms with E-state index in [1.54, 1.807) is 24.3 Å². The molecule has 2 aliphatic heterocycles. The van der Waals surface area contributed by atoms with Gasteiger partial charge in [0, 0.05) is 29.1 Å². The lowest BCUT2D eigenvalue weighted by atomic mass is 9.98. The van der Waals surface area contributed by atoms with Gasteiger partial charge in [0.1, 0.15) is 13.2 Å². The SMILES string of the molecule is Cc1ccc(-c2ccccc2C(=O)Nc2ccc(C(=O)[N+]34CCOCC3=CNC=C3CC=CC=C34)cc2)cc1. The van der Waals surface area contributed by atoms with Gasteiger partial charge in [-0.2, -0.15) is 4.48 Å². The molecule has 2 heterocycles. The molecule has 1 aliphatic carbocycles. The second-order valence-corrected chi connectivity index (χ2v) is 9.99. The number of aryl methyl sites for hydroxylation is 1. The fourth-order valence-corrected chi connectivity index (χ4v) is 5.49. The van der Waals surface area contributed by atoms with Crippen LogP contribution in [0.15, 0.2) is 120 Å². The van der Waals surface area contributed by atoms with Crippen LogP contribution in [-0.2, 0) is 4.74 Å². The molecule has 0 bridgehead atoms. The van der Waals surface area contributed by atoms with Crippen molar-refractivity contribution in [3.63, 3.8) is 0 Å². The van der Waals surface area contributed by atoms with Gasteiger partial charge in [-0.3, -0.25) is 4.79 Å². The molecule has 6 heteroatoms. The third-order valence-corrected chi connectivity index (χ3v) is 7.56. The largest absolute Gasteiger partial charge is 0.365 e. The highest BCUT2D eigenvalue weighted by Gasteiger charge is 2.49. The minimum absolute atomic E-state index is 0.0108. The Kier molecular flexibility index (Phi) is 6.57. The Morgan fingerprint density at radius 1 is 0.949 bits per heavy atom. The first-order valence-corrected chi connectivity index (χ1v) is 13.2. The van der Waals surface area contributed by atoms with E-state index in [4.69, 9.17) is 4.74 Å². The number of nitrogens with zero attached hydrogens (tertiary/aromatic N) is 1. The summed E-state index contributed by atoms with van der Waals surface area (Å²) in [5, 5.41) is 6.26. The second-order valence-electron chi connectivity index (χ2n) is 9.99. The van der Waals surface area contributed by atoms with Crippen molar-refractivity contribution in [2.24, 2.45) is 0 Å². The molecule has 6 nitrogen and oxygen atoms in total. The van der Waals surface area contributed by atoms with E-state index in [0.29, 0.717) is 36.6 Å². The molecule has 1 atom stereocenters. The number of benzene rings is 3. The summed E-state index contributed by atoms with van der Waals surface area (Å²) in [5.74, 6) is -0.207. The highest BCUT2D eigenvalue weighted by atomic mass is 16.5. The fourth-order valence-electron chi connectivity index (χ4n) is 5.49. The number of fused-ring (bicyclic) bond motifs is 3. The van der Waals surface area contributed by atoms with Crippen LogP contribution in [0, 0.1) is 6.92 Å². The molecule has 3 aromatic rings. The molecule has 6 rings (SSSR count). The molecular formula is C33H30N3O3+. The summed E-state index contributed by atoms with van der Waals surface area (Å²) in [6, 6.07) is 22.9. The van der Waals surface area contributed by atoms with Crippen molar-refractivity contribution in [3.8, 4) is 11.1 Å². The van der Waals surface area contributed by atoms with Crippen LogP contribution in [0.5, 0.6) is 0 Å². The minimum Gasteiger partial charge on any atom is -0.365 e. The van der Waals surface area contributed by atoms with Crippen molar-refractivity contribution >= 4 is 17.5 Å². The summed E-state index contributed by atoms with van der Waals surface area (Å²) in [4.78, 5) is 27.5. The molecule has 2 N–H and O–H groups in total. The average molecular weight is 517 g/mol. The average Bonchev–Trinajstić information content (AvgIpc) is 3.15. The number of hydrogen-bond donors (Lipinski definition) is 2. The predicted molar refractivity (Wildman–Crippen MR) is 152 cm³/mol. The molecule has 0 radical (unpaired) electrons. The number of ether oxygens (including phenoxy) is 1. The molecule has 2 amide bonds. The molecule has 3 aromatic carbocycles. The van der Waals surface area contributed by atoms with Gasteiger partial charge in [0.05, 0.1) is 18.4 Å². The smallest absolute Gasteiger partial charge is 0.355 e. The third-order valence-electron chi connectivity index (χ3n) is 7.56. The lowest BCUT2D eigenvalue weighted by Gasteiger charge is -2.41. The molecule has 0 spiro atoms. The number of carbonyl (C=O) groups excluding carboxylic acids is 2. The Balaban J connectivity index is 1.27. The van der Waals surface area contributed by atoms with E-state index in [2.05, 4.69) is 16.7 Å². The topological polar surface area (TPSA) is 67.4 Å². The first kappa shape index (κ1) is 24.8. The number of allylic oxidation sites excluding steroid dienone is 4. The van der Waals surface area contributed by atoms with Gasteiger partial charge in [-0.05, 0) is 54.8 Å². The third kappa shape index (κ3) is 4.54. The Labute approximate surface area is 228 Å². The van der Waals surface area contributed by atoms with E-state index in [0.717, 1.165) is 34.5 Å². The number of nitrogens with one attached hydrogen (secondary N) is 2. The van der Waals surface area contributed by atoms with Crippen molar-refractivity contribution in [1.82, 2.24) is 5.32 Å². The van der Waals surface area contributed by atoms with Gasteiger partial charge < -0.3 is 15.4 Å². The van der Waals surface area contributed by atoms with Crippen molar-refractivity contribution in [1.29, 1.82) is 0 Å². The lowest BCUT2D eigenvalue weighted by Crippen LogP contribution is -2.56. The summed E-state index contributed by atoms with van der Waals surface area (Å²) in [6.07, 6.45) is 10.8. The molecule has 0 aromatic heterocycles. The molecule has 39 heavy (non-hydrogen) atoms. The van der Waals surface area contributed by atoms with Crippen LogP contribution in [-0.4, -0.2) is 36.1 Å². The molecule has 3 aliphatic rings. The lowest BCUT2D eigenvalue weighted by molar-refractivity contribution is -0.779. The quantitative estimate of drug-likeness (QED) is 0.413. The highest BCUT2D eigenvalue weighted by Crippen LogP contribution is 2.39. The zero-order chi connectivity index (χ0) is 26.8. The minimum atomic E-state index is -0.196. The maximum Gasteiger partial charge on any atom is 0.355 e. The van der Waals surface area contributed by atoms with E-state index in [1.165, 1.54) is 5.56 Å². The number of amides is 2. The zero-order valence-corrected chi connectivity index (χ0v) is 21.8. The van der Waals surface area contributed by atoms with E-state index < -0.39 is 0 Å². The Hall–Kier alpha value is -4.52. The monoisotopic (exact) mass is 516 g/mol. The number of anilines is 1. The number of morpholine rings is 1. The van der Waals surface area contributed by atoms with E-state index in [1.807, 2.05) is 80.0 Å². The molecule has 194 valence electrons. The standard InChI is InChI=1S/C33H29N3O3/c1-23-10-12-24(13-11-23)29-7-3-4-8-30(29)32(37)35-27-16-14-25(15-17-27)33(38)36-18-19-39-22-28(36)21-34-20-26-6-2-5-9-31(26)36/h2-5,7-17,20-21,34H,6,18-19,22H2,1H3/p+1. The normalized spacial score (nSPS) is 19.8. The van der Waals surface area contributed by atoms with Gasteiger partial charge in [-0.25, -0.2) is 4.79 Å². The zero-order valence-electron chi connectivity index (χ0n) is 21.8. The summed E-state index contributed by atoms with van der Waals surface area (Å²) in [7, 11) is 0. The van der Waals surface area contributed by atoms with Crippen molar-refractivity contribution in [2.45, 2.75) is 13.3 Å². The molecule has 1 unspecified atom stereocenters. The molecule has 0 saturated carbocycles. The Morgan fingerprint density at radius 2 is 1.74 bits per heavy atom. The number of rotatable bonds is 4. The van der Waals surface area contributed by atoms with E-state index in [9.17, 15) is 9.59 Å². The molecule has 1 saturated heterocycles. The van der Waals surface area contributed by atoms with E-state index >= 15 is 0 Å². The summed E-state index contributed by atoms with van der Waals surface area (Å²) >= 11 is 0. The van der Waals surface area contributed by atoms with Crippen molar-refractivity contribution in [2.75, 3.05) is 25.1 Å². The Morgan fingerprint density at radius 3 is 2.56 bits per heavy atom. The predicted octanol–water partition coefficient (Wildman–Crippen LogP) is 6.07. The highest BCUT2D eigenvalue weighted by molar-refractivity contribution is 6.08. The number of quaternary nitrogens is 1. The van der Waals surface area contributed by atoms with Gasteiger partial charge in [-0.1, -0.05) is 60.2 Å². The second kappa shape index (κ2) is 10.3. The van der Waals surface area contributed by atoms with Crippen LogP contribution in [0.3, 0.4) is 0 Å². The summed E-state index contributed by atoms with van der Waals surface area (Å²) in [5.41, 5.74) is 7.78. The summed E-state index contributed by atoms with van der Waals surface area (Å²) in [6.45, 7) is 3.44. The van der Waals surface area contributed by atoms with Gasteiger partial charge >= 0.3 is 5.91 Å². The van der Waals surface area contributed by atoms with Crippen LogP contribution in [0.25, 0.3) is 11.1 Å². The van der Waals surface area contributed by atoms with Crippen molar-refractivity contribution < 1.29 is 18.8 Å².